The number of aromatic nitrogens is 1. The van der Waals surface area contributed by atoms with Crippen molar-refractivity contribution in [1.29, 1.82) is 0 Å². The van der Waals surface area contributed by atoms with E-state index in [2.05, 4.69) is 10.3 Å². The summed E-state index contributed by atoms with van der Waals surface area (Å²) in [6.07, 6.45) is 1.83. The highest BCUT2D eigenvalue weighted by Crippen LogP contribution is 2.36. The van der Waals surface area contributed by atoms with Crippen molar-refractivity contribution in [3.05, 3.63) is 47.2 Å². The van der Waals surface area contributed by atoms with Crippen LogP contribution < -0.4 is 10.8 Å². The maximum atomic E-state index is 12.2. The zero-order valence-electron chi connectivity index (χ0n) is 12.2. The number of carbonyl (C=O) groups excluding carboxylic acids is 1. The number of carbonyl (C=O) groups is 1. The number of para-hydroxylation sites is 1. The topological polar surface area (TPSA) is 62.0 Å². The Labute approximate surface area is 123 Å². The fourth-order valence-corrected chi connectivity index (χ4v) is 3.32. The van der Waals surface area contributed by atoms with Crippen molar-refractivity contribution in [2.24, 2.45) is 0 Å². The Morgan fingerprint density at radius 1 is 1.19 bits per heavy atom. The van der Waals surface area contributed by atoms with Crippen molar-refractivity contribution in [3.8, 4) is 0 Å². The first-order valence-electron chi connectivity index (χ1n) is 6.74. The van der Waals surface area contributed by atoms with Gasteiger partial charge in [0.15, 0.2) is 0 Å². The third-order valence-corrected chi connectivity index (χ3v) is 5.02. The number of hydrogen-bond donors (Lipinski definition) is 2. The van der Waals surface area contributed by atoms with Crippen LogP contribution in [0.15, 0.2) is 30.3 Å². The van der Waals surface area contributed by atoms with Crippen LogP contribution in [0.1, 0.15) is 16.8 Å². The van der Waals surface area contributed by atoms with Gasteiger partial charge in [-0.25, -0.2) is 0 Å². The number of H-pyrrole nitrogens is 1. The Kier molecular flexibility index (Phi) is 3.14. The van der Waals surface area contributed by atoms with E-state index in [1.165, 1.54) is 0 Å². The highest BCUT2D eigenvalue weighted by Gasteiger charge is 2.24. The molecule has 0 aliphatic carbocycles. The third kappa shape index (κ3) is 2.47. The SMILES string of the molecule is Cc1cc(P(C)(C)=O)[nH]c1C=C1C(=O)Nc2ccccc21. The van der Waals surface area contributed by atoms with Crippen LogP contribution in [0.3, 0.4) is 0 Å². The highest BCUT2D eigenvalue weighted by molar-refractivity contribution is 7.69. The predicted molar refractivity (Wildman–Crippen MR) is 87.6 cm³/mol. The van der Waals surface area contributed by atoms with E-state index in [1.54, 1.807) is 13.3 Å². The van der Waals surface area contributed by atoms with Gasteiger partial charge in [0.25, 0.3) is 5.91 Å². The van der Waals surface area contributed by atoms with Gasteiger partial charge in [0.2, 0.25) is 0 Å². The van der Waals surface area contributed by atoms with Crippen LogP contribution in [0.2, 0.25) is 0 Å². The molecule has 0 unspecified atom stereocenters. The van der Waals surface area contributed by atoms with Gasteiger partial charge in [-0.2, -0.15) is 0 Å². The van der Waals surface area contributed by atoms with E-state index >= 15 is 0 Å². The van der Waals surface area contributed by atoms with E-state index in [4.69, 9.17) is 0 Å². The number of aromatic amines is 1. The van der Waals surface area contributed by atoms with E-state index in [1.807, 2.05) is 43.3 Å². The summed E-state index contributed by atoms with van der Waals surface area (Å²) in [7, 11) is -2.34. The number of aryl methyl sites for hydroxylation is 1. The first kappa shape index (κ1) is 13.9. The van der Waals surface area contributed by atoms with Gasteiger partial charge in [-0.15, -0.1) is 0 Å². The second-order valence-electron chi connectivity index (χ2n) is 5.66. The van der Waals surface area contributed by atoms with Crippen molar-refractivity contribution in [3.63, 3.8) is 0 Å². The van der Waals surface area contributed by atoms with Crippen LogP contribution in [-0.2, 0) is 9.36 Å². The maximum absolute atomic E-state index is 12.2. The maximum Gasteiger partial charge on any atom is 0.256 e. The first-order valence-corrected chi connectivity index (χ1v) is 9.34. The number of nitrogens with one attached hydrogen (secondary N) is 2. The molecule has 21 heavy (non-hydrogen) atoms. The number of fused-ring (bicyclic) bond motifs is 1. The number of anilines is 1. The first-order chi connectivity index (χ1) is 9.86. The summed E-state index contributed by atoms with van der Waals surface area (Å²) in [5, 5.41) is 2.85. The molecule has 0 saturated heterocycles. The second-order valence-corrected chi connectivity index (χ2v) is 8.84. The largest absolute Gasteiger partial charge is 0.352 e. The molecule has 1 aromatic heterocycles. The Hall–Kier alpha value is -2.06. The summed E-state index contributed by atoms with van der Waals surface area (Å²) in [5.41, 5.74) is 4.90. The predicted octanol–water partition coefficient (Wildman–Crippen LogP) is 3.06. The lowest BCUT2D eigenvalue weighted by Crippen LogP contribution is -2.04. The lowest BCUT2D eigenvalue weighted by atomic mass is 10.1. The summed E-state index contributed by atoms with van der Waals surface area (Å²) in [4.78, 5) is 15.3. The van der Waals surface area contributed by atoms with E-state index in [-0.39, 0.29) is 5.91 Å². The van der Waals surface area contributed by atoms with Gasteiger partial charge in [0, 0.05) is 16.9 Å². The summed E-state index contributed by atoms with van der Waals surface area (Å²) < 4.78 is 12.2. The molecule has 4 nitrogen and oxygen atoms in total. The van der Waals surface area contributed by atoms with Crippen LogP contribution >= 0.6 is 7.14 Å². The summed E-state index contributed by atoms with van der Waals surface area (Å²) in [6.45, 7) is 5.40. The third-order valence-electron chi connectivity index (χ3n) is 3.62. The molecule has 1 aromatic carbocycles. The molecule has 0 fully saturated rings. The van der Waals surface area contributed by atoms with E-state index in [0.29, 0.717) is 5.57 Å². The Bertz CT molecular complexity index is 811. The van der Waals surface area contributed by atoms with Crippen molar-refractivity contribution in [2.45, 2.75) is 6.92 Å². The molecule has 0 saturated carbocycles. The monoisotopic (exact) mass is 300 g/mol. The summed E-state index contributed by atoms with van der Waals surface area (Å²) in [6, 6.07) is 9.50. The molecule has 0 spiro atoms. The summed E-state index contributed by atoms with van der Waals surface area (Å²) >= 11 is 0. The molecular formula is C16H17N2O2P. The van der Waals surface area contributed by atoms with Gasteiger partial charge in [-0.3, -0.25) is 4.79 Å². The van der Waals surface area contributed by atoms with E-state index < -0.39 is 7.14 Å². The minimum Gasteiger partial charge on any atom is -0.352 e. The van der Waals surface area contributed by atoms with Crippen LogP contribution in [0.5, 0.6) is 0 Å². The molecule has 0 radical (unpaired) electrons. The number of rotatable bonds is 2. The fraction of sp³-hybridized carbons (Fsp3) is 0.188. The van der Waals surface area contributed by atoms with Crippen molar-refractivity contribution < 1.29 is 9.36 Å². The number of benzene rings is 1. The van der Waals surface area contributed by atoms with Crippen molar-refractivity contribution in [2.75, 3.05) is 18.6 Å². The van der Waals surface area contributed by atoms with Crippen molar-refractivity contribution in [1.82, 2.24) is 4.98 Å². The Balaban J connectivity index is 2.09. The fourth-order valence-electron chi connectivity index (χ4n) is 2.42. The molecule has 1 amide bonds. The average Bonchev–Trinajstić information content (AvgIpc) is 2.92. The molecule has 0 atom stereocenters. The van der Waals surface area contributed by atoms with Crippen LogP contribution in [0.4, 0.5) is 5.69 Å². The van der Waals surface area contributed by atoms with Crippen LogP contribution in [-0.4, -0.2) is 24.2 Å². The van der Waals surface area contributed by atoms with Crippen LogP contribution in [0, 0.1) is 6.92 Å². The molecule has 5 heteroatoms. The van der Waals surface area contributed by atoms with Gasteiger partial charge < -0.3 is 14.9 Å². The normalized spacial score (nSPS) is 16.1. The molecule has 2 aromatic rings. The standard InChI is InChI=1S/C16H17N2O2P/c1-10-8-15(21(2,3)20)17-14(10)9-12-11-6-4-5-7-13(11)18-16(12)19/h4-9,17H,1-3H3,(H,18,19). The smallest absolute Gasteiger partial charge is 0.256 e. The molecule has 0 bridgehead atoms. The number of hydrogen-bond acceptors (Lipinski definition) is 2. The zero-order valence-corrected chi connectivity index (χ0v) is 13.1. The quantitative estimate of drug-likeness (QED) is 0.661. The van der Waals surface area contributed by atoms with Crippen LogP contribution in [0.25, 0.3) is 11.6 Å². The number of amides is 1. The van der Waals surface area contributed by atoms with E-state index in [9.17, 15) is 9.36 Å². The lowest BCUT2D eigenvalue weighted by Gasteiger charge is -2.02. The molecule has 1 aliphatic rings. The minimum absolute atomic E-state index is 0.108. The van der Waals surface area contributed by atoms with Gasteiger partial charge in [-0.05, 0) is 44.0 Å². The van der Waals surface area contributed by atoms with E-state index in [0.717, 1.165) is 27.9 Å². The molecule has 1 aliphatic heterocycles. The highest BCUT2D eigenvalue weighted by atomic mass is 31.2. The van der Waals surface area contributed by atoms with Gasteiger partial charge in [-0.1, -0.05) is 18.2 Å². The van der Waals surface area contributed by atoms with Crippen molar-refractivity contribution >= 4 is 35.8 Å². The Morgan fingerprint density at radius 3 is 2.57 bits per heavy atom. The zero-order chi connectivity index (χ0) is 15.2. The van der Waals surface area contributed by atoms with Gasteiger partial charge in [0.1, 0.15) is 7.14 Å². The van der Waals surface area contributed by atoms with Gasteiger partial charge in [0.05, 0.1) is 11.0 Å². The molecule has 3 rings (SSSR count). The molecule has 2 N–H and O–H groups in total. The average molecular weight is 300 g/mol. The molecule has 108 valence electrons. The molecular weight excluding hydrogens is 283 g/mol. The Morgan fingerprint density at radius 2 is 1.90 bits per heavy atom. The summed E-state index contributed by atoms with van der Waals surface area (Å²) in [5.74, 6) is -0.108. The second kappa shape index (κ2) is 4.74. The lowest BCUT2D eigenvalue weighted by molar-refractivity contribution is -0.110. The van der Waals surface area contributed by atoms with Gasteiger partial charge >= 0.3 is 0 Å². The minimum atomic E-state index is -2.34. The molecule has 2 heterocycles.